The third-order valence-electron chi connectivity index (χ3n) is 3.45. The second kappa shape index (κ2) is 7.91. The van der Waals surface area contributed by atoms with E-state index in [-0.39, 0.29) is 23.1 Å². The normalized spacial score (nSPS) is 11.6. The number of aliphatic imine (C=N–C) groups is 1. The second-order valence-electron chi connectivity index (χ2n) is 5.43. The fourth-order valence-corrected chi connectivity index (χ4v) is 2.20. The minimum atomic E-state index is -4.77. The van der Waals surface area contributed by atoms with Crippen LogP contribution in [-0.4, -0.2) is 22.5 Å². The van der Waals surface area contributed by atoms with E-state index in [2.05, 4.69) is 25.0 Å². The Labute approximate surface area is 156 Å². The quantitative estimate of drug-likeness (QED) is 0.491. The zero-order valence-corrected chi connectivity index (χ0v) is 14.1. The molecular formula is C18H13F4N5O. The lowest BCUT2D eigenvalue weighted by Crippen LogP contribution is -2.17. The van der Waals surface area contributed by atoms with E-state index in [1.54, 1.807) is 6.07 Å². The van der Waals surface area contributed by atoms with Gasteiger partial charge in [-0.05, 0) is 36.4 Å². The molecule has 3 N–H and O–H groups in total. The minimum Gasteiger partial charge on any atom is -0.406 e. The van der Waals surface area contributed by atoms with Crippen molar-refractivity contribution < 1.29 is 22.3 Å². The van der Waals surface area contributed by atoms with Gasteiger partial charge in [0.15, 0.2) is 0 Å². The van der Waals surface area contributed by atoms with Gasteiger partial charge < -0.3 is 15.8 Å². The van der Waals surface area contributed by atoms with E-state index in [0.717, 1.165) is 12.1 Å². The van der Waals surface area contributed by atoms with Crippen molar-refractivity contribution >= 4 is 29.2 Å². The number of nitrogens with two attached hydrogens (primary N) is 1. The molecule has 0 radical (unpaired) electrons. The van der Waals surface area contributed by atoms with Crippen molar-refractivity contribution in [3.8, 4) is 5.75 Å². The van der Waals surface area contributed by atoms with Crippen molar-refractivity contribution in [2.75, 3.05) is 11.1 Å². The number of para-hydroxylation sites is 1. The number of halogens is 4. The molecule has 0 bridgehead atoms. The molecule has 1 aromatic heterocycles. The Kier molecular flexibility index (Phi) is 5.39. The highest BCUT2D eigenvalue weighted by Crippen LogP contribution is 2.26. The zero-order valence-electron chi connectivity index (χ0n) is 14.1. The Morgan fingerprint density at radius 1 is 1.04 bits per heavy atom. The highest BCUT2D eigenvalue weighted by atomic mass is 19.4. The van der Waals surface area contributed by atoms with Gasteiger partial charge in [0, 0.05) is 11.9 Å². The molecule has 0 spiro atoms. The molecule has 0 atom stereocenters. The SMILES string of the molecule is Nc1ncnc(Nc2ccc(OC(F)(F)F)cc2)c1C=Nc1ccccc1F. The van der Waals surface area contributed by atoms with Gasteiger partial charge in [-0.2, -0.15) is 0 Å². The first-order valence-electron chi connectivity index (χ1n) is 7.84. The highest BCUT2D eigenvalue weighted by Gasteiger charge is 2.30. The van der Waals surface area contributed by atoms with Gasteiger partial charge in [0.05, 0.1) is 11.3 Å². The van der Waals surface area contributed by atoms with Crippen LogP contribution in [0.5, 0.6) is 5.75 Å². The van der Waals surface area contributed by atoms with Crippen LogP contribution in [0.15, 0.2) is 59.9 Å². The van der Waals surface area contributed by atoms with Gasteiger partial charge in [-0.3, -0.25) is 4.99 Å². The number of benzene rings is 2. The Hall–Kier alpha value is -3.69. The summed E-state index contributed by atoms with van der Waals surface area (Å²) in [7, 11) is 0. The van der Waals surface area contributed by atoms with Crippen molar-refractivity contribution in [2.45, 2.75) is 6.36 Å². The molecule has 2 aromatic carbocycles. The fourth-order valence-electron chi connectivity index (χ4n) is 2.20. The molecule has 0 unspecified atom stereocenters. The molecule has 10 heteroatoms. The van der Waals surface area contributed by atoms with Crippen molar-refractivity contribution in [1.29, 1.82) is 0 Å². The second-order valence-corrected chi connectivity index (χ2v) is 5.43. The van der Waals surface area contributed by atoms with Gasteiger partial charge in [-0.25, -0.2) is 14.4 Å². The average Bonchev–Trinajstić information content (AvgIpc) is 2.63. The van der Waals surface area contributed by atoms with Gasteiger partial charge in [-0.1, -0.05) is 12.1 Å². The molecule has 0 aliphatic carbocycles. The molecule has 1 heterocycles. The third kappa shape index (κ3) is 4.93. The van der Waals surface area contributed by atoms with Crippen LogP contribution >= 0.6 is 0 Å². The number of alkyl halides is 3. The molecule has 28 heavy (non-hydrogen) atoms. The van der Waals surface area contributed by atoms with Crippen LogP contribution in [0.1, 0.15) is 5.56 Å². The largest absolute Gasteiger partial charge is 0.573 e. The number of hydrogen-bond donors (Lipinski definition) is 2. The lowest BCUT2D eigenvalue weighted by molar-refractivity contribution is -0.274. The molecule has 0 saturated carbocycles. The van der Waals surface area contributed by atoms with Crippen molar-refractivity contribution in [3.05, 3.63) is 66.2 Å². The number of anilines is 3. The van der Waals surface area contributed by atoms with E-state index >= 15 is 0 Å². The number of ether oxygens (including phenoxy) is 1. The molecular weight excluding hydrogens is 378 g/mol. The summed E-state index contributed by atoms with van der Waals surface area (Å²) in [5.41, 5.74) is 6.67. The first-order valence-corrected chi connectivity index (χ1v) is 7.84. The molecule has 144 valence electrons. The number of nitrogens with one attached hydrogen (secondary N) is 1. The predicted octanol–water partition coefficient (Wildman–Crippen LogP) is 4.59. The highest BCUT2D eigenvalue weighted by molar-refractivity contribution is 5.94. The number of hydrogen-bond acceptors (Lipinski definition) is 6. The maximum atomic E-state index is 13.7. The van der Waals surface area contributed by atoms with Gasteiger partial charge in [0.1, 0.15) is 29.5 Å². The van der Waals surface area contributed by atoms with Gasteiger partial charge in [0.2, 0.25) is 0 Å². The zero-order chi connectivity index (χ0) is 20.1. The molecule has 0 aliphatic rings. The molecule has 0 fully saturated rings. The predicted molar refractivity (Wildman–Crippen MR) is 96.5 cm³/mol. The smallest absolute Gasteiger partial charge is 0.406 e. The number of rotatable bonds is 5. The van der Waals surface area contributed by atoms with E-state index in [4.69, 9.17) is 5.73 Å². The molecule has 0 aliphatic heterocycles. The topological polar surface area (TPSA) is 85.4 Å². The van der Waals surface area contributed by atoms with Crippen LogP contribution in [0.25, 0.3) is 0 Å². The van der Waals surface area contributed by atoms with Crippen LogP contribution in [0.2, 0.25) is 0 Å². The maximum Gasteiger partial charge on any atom is 0.573 e. The summed E-state index contributed by atoms with van der Waals surface area (Å²) in [6, 6.07) is 11.0. The monoisotopic (exact) mass is 391 g/mol. The summed E-state index contributed by atoms with van der Waals surface area (Å²) in [6.07, 6.45) is -2.26. The van der Waals surface area contributed by atoms with Crippen LogP contribution in [0.3, 0.4) is 0 Å². The molecule has 3 aromatic rings. The summed E-state index contributed by atoms with van der Waals surface area (Å²) < 4.78 is 54.2. The Bertz CT molecular complexity index is 990. The van der Waals surface area contributed by atoms with Crippen molar-refractivity contribution in [3.63, 3.8) is 0 Å². The molecule has 6 nitrogen and oxygen atoms in total. The first kappa shape index (κ1) is 19.1. The Morgan fingerprint density at radius 2 is 1.75 bits per heavy atom. The molecule has 0 saturated heterocycles. The lowest BCUT2D eigenvalue weighted by Gasteiger charge is -2.11. The summed E-state index contributed by atoms with van der Waals surface area (Å²) >= 11 is 0. The number of nitrogens with zero attached hydrogens (tertiary/aromatic N) is 3. The van der Waals surface area contributed by atoms with Gasteiger partial charge in [-0.15, -0.1) is 13.2 Å². The van der Waals surface area contributed by atoms with E-state index in [9.17, 15) is 17.6 Å². The van der Waals surface area contributed by atoms with Gasteiger partial charge >= 0.3 is 6.36 Å². The molecule has 3 rings (SSSR count). The Balaban J connectivity index is 1.83. The van der Waals surface area contributed by atoms with Crippen LogP contribution in [-0.2, 0) is 0 Å². The van der Waals surface area contributed by atoms with E-state index in [0.29, 0.717) is 11.3 Å². The summed E-state index contributed by atoms with van der Waals surface area (Å²) in [5, 5.41) is 2.90. The summed E-state index contributed by atoms with van der Waals surface area (Å²) in [4.78, 5) is 12.0. The lowest BCUT2D eigenvalue weighted by atomic mass is 10.2. The standard InChI is InChI=1S/C18H13F4N5O/c19-14-3-1-2-4-15(14)24-9-13-16(23)25-10-26-17(13)27-11-5-7-12(8-6-11)28-18(20,21)22/h1-10H,(H3,23,25,26,27). The third-order valence-corrected chi connectivity index (χ3v) is 3.45. The number of nitrogen functional groups attached to an aromatic ring is 1. The first-order chi connectivity index (χ1) is 13.3. The van der Waals surface area contributed by atoms with E-state index in [1.807, 2.05) is 0 Å². The number of aromatic nitrogens is 2. The summed E-state index contributed by atoms with van der Waals surface area (Å²) in [6.45, 7) is 0. The van der Waals surface area contributed by atoms with Crippen LogP contribution in [0.4, 0.5) is 40.6 Å². The van der Waals surface area contributed by atoms with Crippen LogP contribution in [0, 0.1) is 5.82 Å². The van der Waals surface area contributed by atoms with Gasteiger partial charge in [0.25, 0.3) is 0 Å². The van der Waals surface area contributed by atoms with E-state index < -0.39 is 12.2 Å². The van der Waals surface area contributed by atoms with Crippen LogP contribution < -0.4 is 15.8 Å². The average molecular weight is 391 g/mol. The van der Waals surface area contributed by atoms with E-state index in [1.165, 1.54) is 42.9 Å². The molecule has 0 amide bonds. The van der Waals surface area contributed by atoms with Crippen molar-refractivity contribution in [2.24, 2.45) is 4.99 Å². The minimum absolute atomic E-state index is 0.0922. The summed E-state index contributed by atoms with van der Waals surface area (Å²) in [5.74, 6) is -0.530. The fraction of sp³-hybridized carbons (Fsp3) is 0.0556. The van der Waals surface area contributed by atoms with Crippen molar-refractivity contribution in [1.82, 2.24) is 9.97 Å². The maximum absolute atomic E-state index is 13.7. The Morgan fingerprint density at radius 3 is 2.43 bits per heavy atom.